The van der Waals surface area contributed by atoms with Crippen molar-refractivity contribution in [2.45, 2.75) is 48.8 Å². The zero-order chi connectivity index (χ0) is 34.5. The molecule has 0 aliphatic carbocycles. The number of carboxylic acid groups (broad SMARTS) is 2. The van der Waals surface area contributed by atoms with Gasteiger partial charge < -0.3 is 96.6 Å². The lowest BCUT2D eigenvalue weighted by molar-refractivity contribution is -0.136. The molecule has 252 valence electrons. The van der Waals surface area contributed by atoms with E-state index < -0.39 is 82.6 Å². The standard InChI is InChI=1S/C6H14O6.C6H12O6.C5H5N5.CH2O3.H3O4P/c2*7-1-3(9)5(11)6(12)4(10)2-8;6-4-3-5(9-1-7-3)10-2-8-4;2-1(3)4;1-5(2,3)4/h3-12H,1-2H2;1,3-6,8-12H,2H2;1-2H,(H3,6,7,8,9,10);(H2,2,3,4);(H3,1,2,3,4). The summed E-state index contributed by atoms with van der Waals surface area (Å²) < 4.78 is 8.88. The van der Waals surface area contributed by atoms with Crippen molar-refractivity contribution in [2.75, 3.05) is 25.6 Å². The summed E-state index contributed by atoms with van der Waals surface area (Å²) in [5, 5.41) is 110. The Hall–Kier alpha value is -3.04. The van der Waals surface area contributed by atoms with Gasteiger partial charge in [-0.1, -0.05) is 0 Å². The zero-order valence-electron chi connectivity index (χ0n) is 21.7. The Bertz CT molecular complexity index is 1030. The van der Waals surface area contributed by atoms with E-state index in [9.17, 15) is 4.79 Å². The molecule has 0 radical (unpaired) electrons. The average Bonchev–Trinajstić information content (AvgIpc) is 3.43. The van der Waals surface area contributed by atoms with Crippen LogP contribution in [0.5, 0.6) is 0 Å². The number of fused-ring (bicyclic) bond motifs is 1. The topological polar surface area (TPSA) is 455 Å². The second-order valence-electron chi connectivity index (χ2n) is 7.49. The number of nitrogen functional groups attached to an aromatic ring is 1. The number of aromatic amines is 1. The van der Waals surface area contributed by atoms with Crippen LogP contribution in [0, 0.1) is 0 Å². The third-order valence-corrected chi connectivity index (χ3v) is 4.19. The Morgan fingerprint density at radius 1 is 0.791 bits per heavy atom. The van der Waals surface area contributed by atoms with E-state index in [1.807, 2.05) is 0 Å². The van der Waals surface area contributed by atoms with Crippen LogP contribution in [-0.2, 0) is 9.36 Å². The summed E-state index contributed by atoms with van der Waals surface area (Å²) >= 11 is 0. The summed E-state index contributed by atoms with van der Waals surface area (Å²) in [4.78, 5) is 54.4. The number of aldehydes is 1. The van der Waals surface area contributed by atoms with Crippen molar-refractivity contribution in [1.29, 1.82) is 0 Å². The minimum atomic E-state index is -4.64. The number of imidazole rings is 1. The highest BCUT2D eigenvalue weighted by molar-refractivity contribution is 7.45. The Balaban J connectivity index is -0.000000490. The summed E-state index contributed by atoms with van der Waals surface area (Å²) in [6, 6.07) is 0. The Labute approximate surface area is 240 Å². The molecule has 0 spiro atoms. The van der Waals surface area contributed by atoms with Gasteiger partial charge >= 0.3 is 14.0 Å². The van der Waals surface area contributed by atoms with E-state index in [4.69, 9.17) is 96.2 Å². The van der Waals surface area contributed by atoms with Crippen LogP contribution in [-0.4, -0.2) is 182 Å². The summed E-state index contributed by atoms with van der Waals surface area (Å²) in [7, 11) is -4.64. The van der Waals surface area contributed by atoms with Crippen LogP contribution in [0.3, 0.4) is 0 Å². The fraction of sp³-hybridized carbons (Fsp3) is 0.611. The van der Waals surface area contributed by atoms with Crippen LogP contribution in [0.1, 0.15) is 0 Å². The molecule has 2 aromatic heterocycles. The highest BCUT2D eigenvalue weighted by Crippen LogP contribution is 2.25. The summed E-state index contributed by atoms with van der Waals surface area (Å²) in [5.74, 6) is 0.433. The van der Waals surface area contributed by atoms with Crippen molar-refractivity contribution in [3.63, 3.8) is 0 Å². The van der Waals surface area contributed by atoms with Crippen molar-refractivity contribution >= 4 is 37.2 Å². The van der Waals surface area contributed by atoms with E-state index in [2.05, 4.69) is 19.9 Å². The first-order valence-electron chi connectivity index (χ1n) is 11.0. The first kappa shape index (κ1) is 44.4. The number of aromatic nitrogens is 4. The number of aliphatic hydroxyl groups is 11. The van der Waals surface area contributed by atoms with Crippen molar-refractivity contribution in [3.8, 4) is 0 Å². The first-order valence-corrected chi connectivity index (χ1v) is 12.6. The van der Waals surface area contributed by atoms with Gasteiger partial charge in [0, 0.05) is 0 Å². The van der Waals surface area contributed by atoms with Crippen LogP contribution < -0.4 is 5.73 Å². The number of nitrogens with two attached hydrogens (primary N) is 1. The SMILES string of the molecule is Nc1ncnc2nc[nH]c12.O=C(O)O.O=CC(O)C(O)C(O)C(O)CO.O=P(O)(O)O.OCC(O)C(O)C(O)C(O)CO. The Morgan fingerprint density at radius 2 is 1.14 bits per heavy atom. The lowest BCUT2D eigenvalue weighted by Gasteiger charge is -2.24. The molecule has 24 nitrogen and oxygen atoms in total. The van der Waals surface area contributed by atoms with Gasteiger partial charge in [-0.2, -0.15) is 0 Å². The molecule has 0 aromatic carbocycles. The van der Waals surface area contributed by atoms with E-state index in [0.717, 1.165) is 0 Å². The number of aliphatic hydroxyl groups excluding tert-OH is 11. The van der Waals surface area contributed by atoms with Crippen LogP contribution >= 0.6 is 7.82 Å². The average molecular weight is 657 g/mol. The van der Waals surface area contributed by atoms with Gasteiger partial charge in [-0.25, -0.2) is 24.3 Å². The third-order valence-electron chi connectivity index (χ3n) is 4.19. The highest BCUT2D eigenvalue weighted by Gasteiger charge is 2.30. The quantitative estimate of drug-likeness (QED) is 0.0832. The fourth-order valence-corrected chi connectivity index (χ4v) is 2.07. The van der Waals surface area contributed by atoms with Crippen molar-refractivity contribution < 1.29 is 95.2 Å². The fourth-order valence-electron chi connectivity index (χ4n) is 2.07. The summed E-state index contributed by atoms with van der Waals surface area (Å²) in [5.41, 5.74) is 6.78. The largest absolute Gasteiger partial charge is 0.503 e. The van der Waals surface area contributed by atoms with Gasteiger partial charge in [0.2, 0.25) is 0 Å². The minimum absolute atomic E-state index is 0.0258. The maximum atomic E-state index is 9.90. The summed E-state index contributed by atoms with van der Waals surface area (Å²) in [6.07, 6.45) is -12.1. The number of carbonyl (C=O) groups excluding carboxylic acids is 1. The van der Waals surface area contributed by atoms with Crippen molar-refractivity contribution in [1.82, 2.24) is 19.9 Å². The normalized spacial score (nSPS) is 16.2. The maximum Gasteiger partial charge on any atom is 0.503 e. The van der Waals surface area contributed by atoms with Gasteiger partial charge in [0.05, 0.1) is 26.1 Å². The molecule has 2 aromatic rings. The van der Waals surface area contributed by atoms with Crippen LogP contribution in [0.25, 0.3) is 11.2 Å². The maximum absolute atomic E-state index is 9.90. The van der Waals surface area contributed by atoms with E-state index >= 15 is 0 Å². The molecule has 43 heavy (non-hydrogen) atoms. The molecule has 0 bridgehead atoms. The molecular weight excluding hydrogens is 621 g/mol. The number of hydrogen-bond donors (Lipinski definition) is 18. The number of anilines is 1. The summed E-state index contributed by atoms with van der Waals surface area (Å²) in [6.45, 7) is -2.21. The molecule has 25 heteroatoms. The molecular formula is C18H36N5O19P. The van der Waals surface area contributed by atoms with Gasteiger partial charge in [-0.3, -0.25) is 0 Å². The molecule has 0 aliphatic rings. The van der Waals surface area contributed by atoms with Gasteiger partial charge in [0.1, 0.15) is 60.7 Å². The molecule has 0 saturated heterocycles. The smallest absolute Gasteiger partial charge is 0.450 e. The second-order valence-corrected chi connectivity index (χ2v) is 8.52. The van der Waals surface area contributed by atoms with Crippen molar-refractivity contribution in [3.05, 3.63) is 12.7 Å². The molecule has 0 amide bonds. The monoisotopic (exact) mass is 657 g/mol. The molecule has 0 saturated carbocycles. The number of rotatable bonds is 10. The Kier molecular flexibility index (Phi) is 24.2. The van der Waals surface area contributed by atoms with E-state index in [-0.39, 0.29) is 6.29 Å². The molecule has 8 unspecified atom stereocenters. The molecule has 0 aliphatic heterocycles. The Morgan fingerprint density at radius 3 is 1.44 bits per heavy atom. The number of nitrogens with zero attached hydrogens (tertiary/aromatic N) is 3. The lowest BCUT2D eigenvalue weighted by Crippen LogP contribution is -2.46. The van der Waals surface area contributed by atoms with E-state index in [1.54, 1.807) is 0 Å². The van der Waals surface area contributed by atoms with Crippen molar-refractivity contribution in [2.24, 2.45) is 0 Å². The molecule has 8 atom stereocenters. The highest BCUT2D eigenvalue weighted by atomic mass is 31.2. The molecule has 2 heterocycles. The predicted molar refractivity (Wildman–Crippen MR) is 136 cm³/mol. The predicted octanol–water partition coefficient (Wildman–Crippen LogP) is -7.74. The van der Waals surface area contributed by atoms with E-state index in [0.29, 0.717) is 17.0 Å². The minimum Gasteiger partial charge on any atom is -0.450 e. The van der Waals surface area contributed by atoms with E-state index in [1.165, 1.54) is 12.7 Å². The van der Waals surface area contributed by atoms with Crippen LogP contribution in [0.15, 0.2) is 12.7 Å². The van der Waals surface area contributed by atoms with Crippen LogP contribution in [0.4, 0.5) is 10.6 Å². The second kappa shape index (κ2) is 23.4. The first-order chi connectivity index (χ1) is 19.7. The number of hydrogen-bond acceptors (Lipinski definition) is 18. The third kappa shape index (κ3) is 22.2. The van der Waals surface area contributed by atoms with Gasteiger partial charge in [0.15, 0.2) is 17.8 Å². The number of H-pyrrole nitrogens is 1. The number of phosphoric acid groups is 1. The van der Waals surface area contributed by atoms with Gasteiger partial charge in [-0.05, 0) is 0 Å². The lowest BCUT2D eigenvalue weighted by atomic mass is 10.0. The number of carbonyl (C=O) groups is 2. The van der Waals surface area contributed by atoms with Crippen LogP contribution in [0.2, 0.25) is 0 Å². The molecule has 2 rings (SSSR count). The zero-order valence-corrected chi connectivity index (χ0v) is 22.6. The molecule has 19 N–H and O–H groups in total. The number of nitrogens with one attached hydrogen (secondary N) is 1. The van der Waals surface area contributed by atoms with Gasteiger partial charge in [-0.15, -0.1) is 0 Å². The van der Waals surface area contributed by atoms with Gasteiger partial charge in [0.25, 0.3) is 0 Å². The molecule has 0 fully saturated rings.